The zero-order chi connectivity index (χ0) is 12.3. The van der Waals surface area contributed by atoms with Gasteiger partial charge in [-0.1, -0.05) is 20.8 Å². The molecular weight excluding hydrogens is 288 g/mol. The van der Waals surface area contributed by atoms with E-state index in [0.29, 0.717) is 16.7 Å². The molecule has 2 nitrogen and oxygen atoms in total. The molecule has 1 atom stereocenters. The number of carboxylic acids is 1. The largest absolute Gasteiger partial charge is 0.478 e. The van der Waals surface area contributed by atoms with E-state index in [2.05, 4.69) is 36.7 Å². The van der Waals surface area contributed by atoms with Crippen LogP contribution in [0.15, 0.2) is 27.6 Å². The van der Waals surface area contributed by atoms with Crippen LogP contribution in [-0.2, 0) is 0 Å². The molecule has 0 amide bonds. The molecule has 1 aromatic carbocycles. The van der Waals surface area contributed by atoms with Gasteiger partial charge in [0.05, 0.1) is 5.56 Å². The summed E-state index contributed by atoms with van der Waals surface area (Å²) in [7, 11) is 0. The lowest BCUT2D eigenvalue weighted by molar-refractivity contribution is 0.0696. The Hall–Kier alpha value is -0.480. The Morgan fingerprint density at radius 2 is 2.00 bits per heavy atom. The third kappa shape index (κ3) is 3.52. The van der Waals surface area contributed by atoms with Gasteiger partial charge in [0, 0.05) is 14.6 Å². The molecule has 0 bridgehead atoms. The van der Waals surface area contributed by atoms with Crippen molar-refractivity contribution in [3.63, 3.8) is 0 Å². The Morgan fingerprint density at radius 3 is 2.44 bits per heavy atom. The predicted molar refractivity (Wildman–Crippen MR) is 71.3 cm³/mol. The molecule has 0 saturated carbocycles. The molecule has 0 aliphatic carbocycles. The molecule has 0 aromatic heterocycles. The molecular formula is C12H15BrO2S. The Labute approximate surface area is 109 Å². The predicted octanol–water partition coefficient (Wildman–Crippen LogP) is 4.28. The molecule has 0 fully saturated rings. The topological polar surface area (TPSA) is 37.3 Å². The minimum atomic E-state index is -0.894. The summed E-state index contributed by atoms with van der Waals surface area (Å²) in [6.45, 7) is 6.53. The van der Waals surface area contributed by atoms with E-state index in [1.54, 1.807) is 23.9 Å². The number of halogens is 1. The first-order valence-electron chi connectivity index (χ1n) is 5.11. The molecule has 88 valence electrons. The number of aromatic carboxylic acids is 1. The third-order valence-corrected chi connectivity index (χ3v) is 4.88. The van der Waals surface area contributed by atoms with E-state index in [4.69, 9.17) is 5.11 Å². The van der Waals surface area contributed by atoms with Crippen LogP contribution in [0.25, 0.3) is 0 Å². The van der Waals surface area contributed by atoms with Crippen molar-refractivity contribution in [2.24, 2.45) is 5.92 Å². The average molecular weight is 303 g/mol. The highest BCUT2D eigenvalue weighted by molar-refractivity contribution is 9.10. The smallest absolute Gasteiger partial charge is 0.335 e. The van der Waals surface area contributed by atoms with Crippen molar-refractivity contribution < 1.29 is 9.90 Å². The first kappa shape index (κ1) is 13.6. The number of carbonyl (C=O) groups is 1. The molecule has 1 unspecified atom stereocenters. The Kier molecular flexibility index (Phi) is 4.87. The van der Waals surface area contributed by atoms with Crippen molar-refractivity contribution in [1.82, 2.24) is 0 Å². The zero-order valence-electron chi connectivity index (χ0n) is 9.53. The molecule has 0 heterocycles. The van der Waals surface area contributed by atoms with E-state index in [-0.39, 0.29) is 0 Å². The molecule has 1 rings (SSSR count). The summed E-state index contributed by atoms with van der Waals surface area (Å²) < 4.78 is 0.852. The molecule has 0 aliphatic rings. The van der Waals surface area contributed by atoms with Crippen LogP contribution in [0.1, 0.15) is 31.1 Å². The van der Waals surface area contributed by atoms with E-state index in [1.807, 2.05) is 6.07 Å². The lowest BCUT2D eigenvalue weighted by Gasteiger charge is -2.15. The van der Waals surface area contributed by atoms with E-state index in [9.17, 15) is 4.79 Å². The van der Waals surface area contributed by atoms with E-state index in [1.165, 1.54) is 0 Å². The van der Waals surface area contributed by atoms with Crippen LogP contribution in [0.4, 0.5) is 0 Å². The molecule has 1 aromatic rings. The standard InChI is InChI=1S/C12H15BrO2S/c1-7(2)8(3)16-11-5-4-9(12(14)15)6-10(11)13/h4-8H,1-3H3,(H,14,15). The maximum atomic E-state index is 10.8. The van der Waals surface area contributed by atoms with E-state index >= 15 is 0 Å². The number of thioether (sulfide) groups is 1. The average Bonchev–Trinajstić information content (AvgIpc) is 2.20. The first-order chi connectivity index (χ1) is 7.41. The van der Waals surface area contributed by atoms with Crippen molar-refractivity contribution >= 4 is 33.7 Å². The summed E-state index contributed by atoms with van der Waals surface area (Å²) in [5.41, 5.74) is 0.313. The fourth-order valence-corrected chi connectivity index (χ4v) is 2.72. The van der Waals surface area contributed by atoms with Gasteiger partial charge in [-0.15, -0.1) is 11.8 Å². The number of hydrogen-bond donors (Lipinski definition) is 1. The summed E-state index contributed by atoms with van der Waals surface area (Å²) >= 11 is 5.17. The van der Waals surface area contributed by atoms with Crippen LogP contribution in [-0.4, -0.2) is 16.3 Å². The monoisotopic (exact) mass is 302 g/mol. The third-order valence-electron chi connectivity index (χ3n) is 2.43. The van der Waals surface area contributed by atoms with Gasteiger partial charge in [-0.3, -0.25) is 0 Å². The van der Waals surface area contributed by atoms with Crippen LogP contribution in [0.2, 0.25) is 0 Å². The Bertz CT molecular complexity index is 391. The van der Waals surface area contributed by atoms with Gasteiger partial charge >= 0.3 is 5.97 Å². The molecule has 4 heteroatoms. The zero-order valence-corrected chi connectivity index (χ0v) is 11.9. The highest BCUT2D eigenvalue weighted by Crippen LogP contribution is 2.33. The van der Waals surface area contributed by atoms with Gasteiger partial charge < -0.3 is 5.11 Å². The summed E-state index contributed by atoms with van der Waals surface area (Å²) in [5, 5.41) is 9.35. The van der Waals surface area contributed by atoms with Crippen molar-refractivity contribution in [3.05, 3.63) is 28.2 Å². The van der Waals surface area contributed by atoms with E-state index < -0.39 is 5.97 Å². The molecule has 1 N–H and O–H groups in total. The fraction of sp³-hybridized carbons (Fsp3) is 0.417. The van der Waals surface area contributed by atoms with Gasteiger partial charge in [-0.2, -0.15) is 0 Å². The minimum absolute atomic E-state index is 0.313. The van der Waals surface area contributed by atoms with Gasteiger partial charge in [0.2, 0.25) is 0 Å². The quantitative estimate of drug-likeness (QED) is 0.843. The molecule has 0 spiro atoms. The van der Waals surface area contributed by atoms with Crippen molar-refractivity contribution in [2.75, 3.05) is 0 Å². The number of benzene rings is 1. The lowest BCUT2D eigenvalue weighted by atomic mass is 10.2. The number of rotatable bonds is 4. The molecule has 0 aliphatic heterocycles. The van der Waals surface area contributed by atoms with Gasteiger partial charge in [0.25, 0.3) is 0 Å². The van der Waals surface area contributed by atoms with Crippen molar-refractivity contribution in [2.45, 2.75) is 30.9 Å². The van der Waals surface area contributed by atoms with Crippen LogP contribution >= 0.6 is 27.7 Å². The highest BCUT2D eigenvalue weighted by atomic mass is 79.9. The summed E-state index contributed by atoms with van der Waals surface area (Å²) in [6, 6.07) is 5.15. The lowest BCUT2D eigenvalue weighted by Crippen LogP contribution is -2.05. The van der Waals surface area contributed by atoms with Gasteiger partial charge in [0.1, 0.15) is 0 Å². The van der Waals surface area contributed by atoms with Crippen molar-refractivity contribution in [1.29, 1.82) is 0 Å². The second-order valence-electron chi connectivity index (χ2n) is 4.02. The summed E-state index contributed by atoms with van der Waals surface area (Å²) in [5.74, 6) is -0.301. The first-order valence-corrected chi connectivity index (χ1v) is 6.78. The summed E-state index contributed by atoms with van der Waals surface area (Å²) in [6.07, 6.45) is 0. The highest BCUT2D eigenvalue weighted by Gasteiger charge is 2.12. The maximum Gasteiger partial charge on any atom is 0.335 e. The molecule has 0 radical (unpaired) electrons. The SMILES string of the molecule is CC(C)C(C)Sc1ccc(C(=O)O)cc1Br. The normalized spacial score (nSPS) is 12.8. The Balaban J connectivity index is 2.87. The maximum absolute atomic E-state index is 10.8. The number of carboxylic acid groups (broad SMARTS) is 1. The van der Waals surface area contributed by atoms with Crippen LogP contribution in [0, 0.1) is 5.92 Å². The minimum Gasteiger partial charge on any atom is -0.478 e. The number of hydrogen-bond acceptors (Lipinski definition) is 2. The Morgan fingerprint density at radius 1 is 1.38 bits per heavy atom. The van der Waals surface area contributed by atoms with Gasteiger partial charge in [0.15, 0.2) is 0 Å². The van der Waals surface area contributed by atoms with Gasteiger partial charge in [-0.05, 0) is 40.0 Å². The second-order valence-corrected chi connectivity index (χ2v) is 6.29. The molecule has 0 saturated heterocycles. The second kappa shape index (κ2) is 5.73. The summed E-state index contributed by atoms with van der Waals surface area (Å²) in [4.78, 5) is 11.9. The fourth-order valence-electron chi connectivity index (χ4n) is 1.07. The van der Waals surface area contributed by atoms with E-state index in [0.717, 1.165) is 9.37 Å². The molecule has 16 heavy (non-hydrogen) atoms. The van der Waals surface area contributed by atoms with Gasteiger partial charge in [-0.25, -0.2) is 4.79 Å². The van der Waals surface area contributed by atoms with Crippen LogP contribution < -0.4 is 0 Å². The van der Waals surface area contributed by atoms with Crippen LogP contribution in [0.5, 0.6) is 0 Å². The van der Waals surface area contributed by atoms with Crippen LogP contribution in [0.3, 0.4) is 0 Å². The van der Waals surface area contributed by atoms with Crippen molar-refractivity contribution in [3.8, 4) is 0 Å².